The van der Waals surface area contributed by atoms with E-state index in [1.807, 2.05) is 6.92 Å². The number of carbonyl (C=O) groups is 2. The Bertz CT molecular complexity index is 319. The van der Waals surface area contributed by atoms with Crippen LogP contribution in [-0.2, 0) is 4.79 Å². The summed E-state index contributed by atoms with van der Waals surface area (Å²) < 4.78 is 0. The van der Waals surface area contributed by atoms with Crippen LogP contribution < -0.4 is 16.0 Å². The average Bonchev–Trinajstić information content (AvgIpc) is 2.44. The first kappa shape index (κ1) is 17.7. The Balaban J connectivity index is 1.98. The molecule has 0 saturated carbocycles. The molecule has 122 valence electrons. The fourth-order valence-electron chi connectivity index (χ4n) is 2.35. The van der Waals surface area contributed by atoms with Gasteiger partial charge in [-0.2, -0.15) is 0 Å². The van der Waals surface area contributed by atoms with Gasteiger partial charge in [-0.1, -0.05) is 0 Å². The second-order valence-corrected chi connectivity index (χ2v) is 5.53. The maximum absolute atomic E-state index is 11.6. The molecule has 1 fully saturated rings. The predicted octanol–water partition coefficient (Wildman–Crippen LogP) is 0.224. The molecule has 0 aromatic carbocycles. The Kier molecular flexibility index (Phi) is 8.77. The SMILES string of the molecule is CC(CCCC(=O)O)NC(=O)NCCCN1CCNCC1. The zero-order chi connectivity index (χ0) is 15.5. The zero-order valence-corrected chi connectivity index (χ0v) is 12.9. The molecule has 0 radical (unpaired) electrons. The molecule has 0 spiro atoms. The number of piperazine rings is 1. The number of carboxylic acids is 1. The summed E-state index contributed by atoms with van der Waals surface area (Å²) in [5.41, 5.74) is 0. The van der Waals surface area contributed by atoms with Gasteiger partial charge in [0.25, 0.3) is 0 Å². The van der Waals surface area contributed by atoms with Crippen LogP contribution >= 0.6 is 0 Å². The second kappa shape index (κ2) is 10.4. The van der Waals surface area contributed by atoms with Crippen molar-refractivity contribution in [1.29, 1.82) is 0 Å². The van der Waals surface area contributed by atoms with E-state index < -0.39 is 5.97 Å². The van der Waals surface area contributed by atoms with E-state index in [0.29, 0.717) is 19.4 Å². The van der Waals surface area contributed by atoms with Crippen molar-refractivity contribution < 1.29 is 14.7 Å². The Morgan fingerprint density at radius 2 is 2.00 bits per heavy atom. The van der Waals surface area contributed by atoms with Crippen LogP contribution in [0.4, 0.5) is 4.79 Å². The van der Waals surface area contributed by atoms with Gasteiger partial charge in [-0.25, -0.2) is 4.79 Å². The molecule has 1 rings (SSSR count). The molecule has 1 aliphatic heterocycles. The molecule has 1 heterocycles. The number of aliphatic carboxylic acids is 1. The number of nitrogens with zero attached hydrogens (tertiary/aromatic N) is 1. The van der Waals surface area contributed by atoms with Crippen LogP contribution in [0, 0.1) is 0 Å². The van der Waals surface area contributed by atoms with Crippen LogP contribution in [0.1, 0.15) is 32.6 Å². The minimum atomic E-state index is -0.792. The highest BCUT2D eigenvalue weighted by Crippen LogP contribution is 2.00. The Hall–Kier alpha value is -1.34. The third kappa shape index (κ3) is 9.25. The van der Waals surface area contributed by atoms with Crippen LogP contribution in [-0.4, -0.2) is 67.3 Å². The molecule has 4 N–H and O–H groups in total. The van der Waals surface area contributed by atoms with Crippen molar-refractivity contribution in [2.24, 2.45) is 0 Å². The molecule has 7 nitrogen and oxygen atoms in total. The first-order chi connectivity index (χ1) is 10.1. The highest BCUT2D eigenvalue weighted by atomic mass is 16.4. The number of carboxylic acid groups (broad SMARTS) is 1. The first-order valence-electron chi connectivity index (χ1n) is 7.77. The van der Waals surface area contributed by atoms with Crippen LogP contribution in [0.5, 0.6) is 0 Å². The molecule has 1 aliphatic rings. The van der Waals surface area contributed by atoms with Gasteiger partial charge in [-0.05, 0) is 32.7 Å². The lowest BCUT2D eigenvalue weighted by atomic mass is 10.1. The molecule has 1 saturated heterocycles. The van der Waals surface area contributed by atoms with Crippen molar-refractivity contribution in [3.63, 3.8) is 0 Å². The highest BCUT2D eigenvalue weighted by molar-refractivity contribution is 5.74. The van der Waals surface area contributed by atoms with Crippen molar-refractivity contribution in [2.75, 3.05) is 39.3 Å². The van der Waals surface area contributed by atoms with Crippen LogP contribution in [0.3, 0.4) is 0 Å². The van der Waals surface area contributed by atoms with E-state index in [1.165, 1.54) is 0 Å². The van der Waals surface area contributed by atoms with Gasteiger partial charge in [0.15, 0.2) is 0 Å². The quantitative estimate of drug-likeness (QED) is 0.457. The predicted molar refractivity (Wildman–Crippen MR) is 81.4 cm³/mol. The van der Waals surface area contributed by atoms with Gasteiger partial charge in [-0.3, -0.25) is 4.79 Å². The molecule has 2 amide bonds. The Labute approximate surface area is 126 Å². The highest BCUT2D eigenvalue weighted by Gasteiger charge is 2.10. The summed E-state index contributed by atoms with van der Waals surface area (Å²) in [6.07, 6.45) is 2.36. The molecule has 0 bridgehead atoms. The lowest BCUT2D eigenvalue weighted by molar-refractivity contribution is -0.137. The van der Waals surface area contributed by atoms with Crippen molar-refractivity contribution in [3.8, 4) is 0 Å². The van der Waals surface area contributed by atoms with E-state index in [4.69, 9.17) is 5.11 Å². The molecular formula is C14H28N4O3. The lowest BCUT2D eigenvalue weighted by Crippen LogP contribution is -2.45. The largest absolute Gasteiger partial charge is 0.481 e. The maximum Gasteiger partial charge on any atom is 0.314 e. The molecular weight excluding hydrogens is 272 g/mol. The summed E-state index contributed by atoms with van der Waals surface area (Å²) in [4.78, 5) is 24.4. The number of urea groups is 1. The zero-order valence-electron chi connectivity index (χ0n) is 12.9. The normalized spacial score (nSPS) is 17.2. The number of hydrogen-bond donors (Lipinski definition) is 4. The van der Waals surface area contributed by atoms with Gasteiger partial charge in [0.2, 0.25) is 0 Å². The summed E-state index contributed by atoms with van der Waals surface area (Å²) in [5, 5.41) is 17.5. The van der Waals surface area contributed by atoms with Gasteiger partial charge < -0.3 is 26.0 Å². The van der Waals surface area contributed by atoms with E-state index >= 15 is 0 Å². The van der Waals surface area contributed by atoms with Gasteiger partial charge in [0.1, 0.15) is 0 Å². The van der Waals surface area contributed by atoms with Gasteiger partial charge in [-0.15, -0.1) is 0 Å². The second-order valence-electron chi connectivity index (χ2n) is 5.53. The fraction of sp³-hybridized carbons (Fsp3) is 0.857. The van der Waals surface area contributed by atoms with Crippen molar-refractivity contribution in [2.45, 2.75) is 38.6 Å². The van der Waals surface area contributed by atoms with Crippen molar-refractivity contribution in [3.05, 3.63) is 0 Å². The van der Waals surface area contributed by atoms with E-state index in [0.717, 1.165) is 39.1 Å². The lowest BCUT2D eigenvalue weighted by Gasteiger charge is -2.27. The van der Waals surface area contributed by atoms with Gasteiger partial charge in [0, 0.05) is 45.2 Å². The first-order valence-corrected chi connectivity index (χ1v) is 7.77. The third-order valence-corrected chi connectivity index (χ3v) is 3.55. The maximum atomic E-state index is 11.6. The van der Waals surface area contributed by atoms with E-state index in [1.54, 1.807) is 0 Å². The molecule has 7 heteroatoms. The number of carbonyl (C=O) groups excluding carboxylic acids is 1. The minimum absolute atomic E-state index is 0.00230. The Morgan fingerprint density at radius 1 is 1.29 bits per heavy atom. The molecule has 21 heavy (non-hydrogen) atoms. The number of rotatable bonds is 9. The average molecular weight is 300 g/mol. The number of amides is 2. The summed E-state index contributed by atoms with van der Waals surface area (Å²) in [6, 6.07) is -0.171. The summed E-state index contributed by atoms with van der Waals surface area (Å²) in [6.45, 7) is 7.80. The summed E-state index contributed by atoms with van der Waals surface area (Å²) in [7, 11) is 0. The molecule has 0 aromatic rings. The monoisotopic (exact) mass is 300 g/mol. The smallest absolute Gasteiger partial charge is 0.314 e. The topological polar surface area (TPSA) is 93.7 Å². The van der Waals surface area contributed by atoms with E-state index in [9.17, 15) is 9.59 Å². The standard InChI is InChI=1S/C14H28N4O3/c1-12(4-2-5-13(19)20)17-14(21)16-6-3-9-18-10-7-15-8-11-18/h12,15H,2-11H2,1H3,(H,19,20)(H2,16,17,21). The molecule has 0 aliphatic carbocycles. The van der Waals surface area contributed by atoms with Gasteiger partial charge >= 0.3 is 12.0 Å². The molecule has 0 aromatic heterocycles. The third-order valence-electron chi connectivity index (χ3n) is 3.55. The van der Waals surface area contributed by atoms with E-state index in [2.05, 4.69) is 20.9 Å². The summed E-state index contributed by atoms with van der Waals surface area (Å²) >= 11 is 0. The van der Waals surface area contributed by atoms with Crippen molar-refractivity contribution >= 4 is 12.0 Å². The summed E-state index contributed by atoms with van der Waals surface area (Å²) in [5.74, 6) is -0.792. The van der Waals surface area contributed by atoms with Crippen LogP contribution in [0.2, 0.25) is 0 Å². The van der Waals surface area contributed by atoms with Gasteiger partial charge in [0.05, 0.1) is 0 Å². The molecule has 1 atom stereocenters. The number of hydrogen-bond acceptors (Lipinski definition) is 4. The molecule has 1 unspecified atom stereocenters. The number of nitrogens with one attached hydrogen (secondary N) is 3. The van der Waals surface area contributed by atoms with Crippen LogP contribution in [0.15, 0.2) is 0 Å². The van der Waals surface area contributed by atoms with Crippen molar-refractivity contribution in [1.82, 2.24) is 20.9 Å². The fourth-order valence-corrected chi connectivity index (χ4v) is 2.35. The van der Waals surface area contributed by atoms with E-state index in [-0.39, 0.29) is 18.5 Å². The minimum Gasteiger partial charge on any atom is -0.481 e. The van der Waals surface area contributed by atoms with Crippen LogP contribution in [0.25, 0.3) is 0 Å². The Morgan fingerprint density at radius 3 is 2.67 bits per heavy atom.